The van der Waals surface area contributed by atoms with E-state index >= 15 is 0 Å². The Labute approximate surface area is 183 Å². The number of carbonyl (C=O) groups excluding carboxylic acids is 1. The summed E-state index contributed by atoms with van der Waals surface area (Å²) in [5.41, 5.74) is 3.91. The van der Waals surface area contributed by atoms with Gasteiger partial charge in [-0.1, -0.05) is 0 Å². The minimum absolute atomic E-state index is 0.00348. The number of amides is 1. The van der Waals surface area contributed by atoms with Crippen molar-refractivity contribution in [2.75, 3.05) is 26.9 Å². The van der Waals surface area contributed by atoms with Gasteiger partial charge in [0.15, 0.2) is 0 Å². The molecule has 1 aliphatic heterocycles. The van der Waals surface area contributed by atoms with E-state index in [1.54, 1.807) is 7.11 Å². The zero-order valence-electron chi connectivity index (χ0n) is 18.1. The summed E-state index contributed by atoms with van der Waals surface area (Å²) in [5.74, 6) is 1.44. The molecule has 1 amide bonds. The lowest BCUT2D eigenvalue weighted by Gasteiger charge is -2.29. The third-order valence-electron chi connectivity index (χ3n) is 6.61. The van der Waals surface area contributed by atoms with Crippen molar-refractivity contribution in [1.82, 2.24) is 14.9 Å². The fourth-order valence-electron chi connectivity index (χ4n) is 4.74. The standard InChI is InChI=1S/C24H31N3O4/c1-29-10-11-30-19-6-4-18(5-7-19)26-24(28)17-12-20(16-2-3-16)23-21(13-17)22-14-25-15-27(22)8-9-31-23/h12-16,18-19H,2-11H2,1H3,(H,26,28). The number of nitrogens with one attached hydrogen (secondary N) is 1. The van der Waals surface area contributed by atoms with Gasteiger partial charge < -0.3 is 24.1 Å². The highest BCUT2D eigenvalue weighted by atomic mass is 16.5. The first kappa shape index (κ1) is 20.5. The van der Waals surface area contributed by atoms with Crippen molar-refractivity contribution in [2.24, 2.45) is 0 Å². The maximum absolute atomic E-state index is 13.2. The van der Waals surface area contributed by atoms with Gasteiger partial charge in [-0.15, -0.1) is 0 Å². The third kappa shape index (κ3) is 4.48. The number of fused-ring (bicyclic) bond motifs is 3. The molecule has 0 spiro atoms. The zero-order valence-corrected chi connectivity index (χ0v) is 18.1. The molecule has 0 bridgehead atoms. The quantitative estimate of drug-likeness (QED) is 0.687. The molecule has 2 aliphatic carbocycles. The molecule has 7 nitrogen and oxygen atoms in total. The molecule has 0 radical (unpaired) electrons. The molecule has 2 saturated carbocycles. The molecule has 5 rings (SSSR count). The van der Waals surface area contributed by atoms with Gasteiger partial charge in [-0.25, -0.2) is 4.98 Å². The van der Waals surface area contributed by atoms with E-state index in [1.165, 1.54) is 5.56 Å². The van der Waals surface area contributed by atoms with E-state index in [0.717, 1.165) is 67.6 Å². The second kappa shape index (κ2) is 9.01. The molecule has 0 unspecified atom stereocenters. The monoisotopic (exact) mass is 425 g/mol. The normalized spacial score (nSPS) is 22.7. The van der Waals surface area contributed by atoms with Gasteiger partial charge in [0.25, 0.3) is 5.91 Å². The third-order valence-corrected chi connectivity index (χ3v) is 6.61. The summed E-state index contributed by atoms with van der Waals surface area (Å²) >= 11 is 0. The topological polar surface area (TPSA) is 74.6 Å². The molecule has 2 fully saturated rings. The number of methoxy groups -OCH3 is 1. The zero-order chi connectivity index (χ0) is 21.2. The van der Waals surface area contributed by atoms with Crippen LogP contribution in [-0.4, -0.2) is 54.5 Å². The molecular weight excluding hydrogens is 394 g/mol. The van der Waals surface area contributed by atoms with Crippen LogP contribution >= 0.6 is 0 Å². The minimum Gasteiger partial charge on any atom is -0.491 e. The summed E-state index contributed by atoms with van der Waals surface area (Å²) in [6.07, 6.45) is 10.1. The van der Waals surface area contributed by atoms with Gasteiger partial charge in [0.2, 0.25) is 0 Å². The van der Waals surface area contributed by atoms with Crippen LogP contribution in [-0.2, 0) is 16.0 Å². The fraction of sp³-hybridized carbons (Fsp3) is 0.583. The van der Waals surface area contributed by atoms with Crippen molar-refractivity contribution in [1.29, 1.82) is 0 Å². The van der Waals surface area contributed by atoms with Crippen molar-refractivity contribution < 1.29 is 19.0 Å². The summed E-state index contributed by atoms with van der Waals surface area (Å²) < 4.78 is 19.2. The van der Waals surface area contributed by atoms with Crippen LogP contribution in [0.4, 0.5) is 0 Å². The lowest BCUT2D eigenvalue weighted by Crippen LogP contribution is -2.39. The van der Waals surface area contributed by atoms with Crippen molar-refractivity contribution in [3.8, 4) is 17.0 Å². The van der Waals surface area contributed by atoms with E-state index in [4.69, 9.17) is 14.2 Å². The number of rotatable bonds is 7. The minimum atomic E-state index is 0.00348. The van der Waals surface area contributed by atoms with Crippen LogP contribution < -0.4 is 10.1 Å². The van der Waals surface area contributed by atoms with Crippen LogP contribution in [0.15, 0.2) is 24.7 Å². The van der Waals surface area contributed by atoms with Crippen molar-refractivity contribution in [2.45, 2.75) is 63.1 Å². The highest BCUT2D eigenvalue weighted by molar-refractivity contribution is 5.96. The lowest BCUT2D eigenvalue weighted by molar-refractivity contribution is -0.00408. The van der Waals surface area contributed by atoms with E-state index < -0.39 is 0 Å². The van der Waals surface area contributed by atoms with E-state index in [1.807, 2.05) is 18.6 Å². The first-order valence-corrected chi connectivity index (χ1v) is 11.5. The number of hydrogen-bond acceptors (Lipinski definition) is 5. The molecule has 3 aliphatic rings. The lowest BCUT2D eigenvalue weighted by atomic mass is 9.92. The smallest absolute Gasteiger partial charge is 0.251 e. The number of aromatic nitrogens is 2. The van der Waals surface area contributed by atoms with Crippen LogP contribution in [0.1, 0.15) is 60.4 Å². The number of benzene rings is 1. The summed E-state index contributed by atoms with van der Waals surface area (Å²) in [4.78, 5) is 17.5. The molecule has 31 heavy (non-hydrogen) atoms. The summed E-state index contributed by atoms with van der Waals surface area (Å²) in [6.45, 7) is 2.65. The van der Waals surface area contributed by atoms with Crippen molar-refractivity contribution >= 4 is 5.91 Å². The Morgan fingerprint density at radius 3 is 2.81 bits per heavy atom. The molecule has 7 heteroatoms. The maximum atomic E-state index is 13.2. The Kier molecular flexibility index (Phi) is 5.96. The molecule has 0 saturated heterocycles. The number of ether oxygens (including phenoxy) is 3. The number of imidazole rings is 1. The van der Waals surface area contributed by atoms with Gasteiger partial charge in [-0.05, 0) is 62.1 Å². The first-order valence-electron chi connectivity index (χ1n) is 11.5. The predicted octanol–water partition coefficient (Wildman–Crippen LogP) is 3.52. The van der Waals surface area contributed by atoms with E-state index in [9.17, 15) is 4.79 Å². The van der Waals surface area contributed by atoms with Crippen molar-refractivity contribution in [3.63, 3.8) is 0 Å². The number of nitrogens with zero attached hydrogens (tertiary/aromatic N) is 2. The van der Waals surface area contributed by atoms with E-state index in [2.05, 4.69) is 20.9 Å². The molecular formula is C24H31N3O4. The van der Waals surface area contributed by atoms with Gasteiger partial charge in [0, 0.05) is 24.3 Å². The van der Waals surface area contributed by atoms with Gasteiger partial charge in [-0.3, -0.25) is 4.79 Å². The average molecular weight is 426 g/mol. The highest BCUT2D eigenvalue weighted by Crippen LogP contribution is 2.48. The van der Waals surface area contributed by atoms with Crippen molar-refractivity contribution in [3.05, 3.63) is 35.8 Å². The average Bonchev–Trinajstić information content (AvgIpc) is 3.56. The molecule has 1 aromatic carbocycles. The Bertz CT molecular complexity index is 929. The Balaban J connectivity index is 1.31. The SMILES string of the molecule is COCCOC1CCC(NC(=O)c2cc3c(c(C4CC4)c2)OCCn2cncc2-3)CC1. The molecule has 2 heterocycles. The highest BCUT2D eigenvalue weighted by Gasteiger charge is 2.32. The van der Waals surface area contributed by atoms with Crippen LogP contribution in [0, 0.1) is 0 Å². The van der Waals surface area contributed by atoms with E-state index in [0.29, 0.717) is 25.7 Å². The Morgan fingerprint density at radius 1 is 1.19 bits per heavy atom. The fourth-order valence-corrected chi connectivity index (χ4v) is 4.74. The van der Waals surface area contributed by atoms with Crippen LogP contribution in [0.3, 0.4) is 0 Å². The second-order valence-corrected chi connectivity index (χ2v) is 8.85. The van der Waals surface area contributed by atoms with Gasteiger partial charge in [0.1, 0.15) is 12.4 Å². The molecule has 1 N–H and O–H groups in total. The van der Waals surface area contributed by atoms with Gasteiger partial charge in [-0.2, -0.15) is 0 Å². The molecule has 166 valence electrons. The van der Waals surface area contributed by atoms with Gasteiger partial charge >= 0.3 is 0 Å². The summed E-state index contributed by atoms with van der Waals surface area (Å²) in [6, 6.07) is 4.23. The van der Waals surface area contributed by atoms with Crippen LogP contribution in [0.25, 0.3) is 11.3 Å². The molecule has 0 atom stereocenters. The summed E-state index contributed by atoms with van der Waals surface area (Å²) in [7, 11) is 1.69. The molecule has 2 aromatic rings. The predicted molar refractivity (Wildman–Crippen MR) is 116 cm³/mol. The number of carbonyl (C=O) groups is 1. The van der Waals surface area contributed by atoms with Crippen LogP contribution in [0.5, 0.6) is 5.75 Å². The molecule has 1 aromatic heterocycles. The second-order valence-electron chi connectivity index (χ2n) is 8.85. The Morgan fingerprint density at radius 2 is 2.03 bits per heavy atom. The summed E-state index contributed by atoms with van der Waals surface area (Å²) in [5, 5.41) is 3.27. The number of hydrogen-bond donors (Lipinski definition) is 1. The first-order chi connectivity index (χ1) is 15.2. The largest absolute Gasteiger partial charge is 0.491 e. The maximum Gasteiger partial charge on any atom is 0.251 e. The van der Waals surface area contributed by atoms with Gasteiger partial charge in [0.05, 0.1) is 44.1 Å². The Hall–Kier alpha value is -2.38. The van der Waals surface area contributed by atoms with E-state index in [-0.39, 0.29) is 18.1 Å². The van der Waals surface area contributed by atoms with Crippen LogP contribution in [0.2, 0.25) is 0 Å².